The fourth-order valence-corrected chi connectivity index (χ4v) is 1.33. The molecule has 1 aromatic rings. The molecule has 6 nitrogen and oxygen atoms in total. The fourth-order valence-electron chi connectivity index (χ4n) is 1.33. The van der Waals surface area contributed by atoms with E-state index >= 15 is 0 Å². The largest absolute Gasteiger partial charge is 0.419 e. The van der Waals surface area contributed by atoms with Gasteiger partial charge in [0.15, 0.2) is 5.82 Å². The van der Waals surface area contributed by atoms with Gasteiger partial charge in [0.2, 0.25) is 5.88 Å². The number of anilines is 2. The lowest BCUT2D eigenvalue weighted by Crippen LogP contribution is -2.36. The molecule has 0 atom stereocenters. The SMILES string of the molecule is Nc1[nH]c(=O)oc1N1CCOCC1. The van der Waals surface area contributed by atoms with E-state index in [0.717, 1.165) is 0 Å². The van der Waals surface area contributed by atoms with Crippen molar-refractivity contribution >= 4 is 11.7 Å². The number of nitrogens with two attached hydrogens (primary N) is 1. The molecule has 2 rings (SSSR count). The molecular weight excluding hydrogens is 174 g/mol. The molecule has 6 heteroatoms. The van der Waals surface area contributed by atoms with Crippen molar-refractivity contribution in [1.82, 2.24) is 4.98 Å². The van der Waals surface area contributed by atoms with Crippen molar-refractivity contribution in [3.8, 4) is 0 Å². The van der Waals surface area contributed by atoms with Crippen molar-refractivity contribution in [2.75, 3.05) is 36.9 Å². The zero-order valence-electron chi connectivity index (χ0n) is 7.08. The van der Waals surface area contributed by atoms with E-state index in [4.69, 9.17) is 14.9 Å². The summed E-state index contributed by atoms with van der Waals surface area (Å²) in [6.07, 6.45) is 0. The van der Waals surface area contributed by atoms with Gasteiger partial charge in [-0.25, -0.2) is 4.79 Å². The molecule has 1 aromatic heterocycles. The van der Waals surface area contributed by atoms with Crippen molar-refractivity contribution in [3.05, 3.63) is 10.6 Å². The van der Waals surface area contributed by atoms with Crippen LogP contribution >= 0.6 is 0 Å². The molecule has 1 saturated heterocycles. The summed E-state index contributed by atoms with van der Waals surface area (Å²) in [6.45, 7) is 2.67. The van der Waals surface area contributed by atoms with Gasteiger partial charge in [-0.3, -0.25) is 4.98 Å². The summed E-state index contributed by atoms with van der Waals surface area (Å²) in [5.41, 5.74) is 5.54. The highest BCUT2D eigenvalue weighted by molar-refractivity contribution is 5.55. The minimum atomic E-state index is -0.515. The lowest BCUT2D eigenvalue weighted by molar-refractivity contribution is 0.120. The Labute approximate surface area is 74.3 Å². The second kappa shape index (κ2) is 3.14. The van der Waals surface area contributed by atoms with Crippen LogP contribution in [0.5, 0.6) is 0 Å². The van der Waals surface area contributed by atoms with Crippen molar-refractivity contribution in [1.29, 1.82) is 0 Å². The number of aromatic amines is 1. The highest BCUT2D eigenvalue weighted by atomic mass is 16.5. The van der Waals surface area contributed by atoms with Gasteiger partial charge in [-0.1, -0.05) is 0 Å². The first-order chi connectivity index (χ1) is 6.27. The molecule has 3 N–H and O–H groups in total. The van der Waals surface area contributed by atoms with Crippen molar-refractivity contribution in [2.24, 2.45) is 0 Å². The normalized spacial score (nSPS) is 17.7. The minimum absolute atomic E-state index is 0.284. The number of aromatic nitrogens is 1. The van der Waals surface area contributed by atoms with Crippen LogP contribution in [0.25, 0.3) is 0 Å². The van der Waals surface area contributed by atoms with Gasteiger partial charge in [0, 0.05) is 13.1 Å². The van der Waals surface area contributed by atoms with E-state index in [-0.39, 0.29) is 5.82 Å². The molecule has 1 fully saturated rings. The Morgan fingerprint density at radius 3 is 2.62 bits per heavy atom. The van der Waals surface area contributed by atoms with Crippen molar-refractivity contribution in [3.63, 3.8) is 0 Å². The summed E-state index contributed by atoms with van der Waals surface area (Å²) in [7, 11) is 0. The Balaban J connectivity index is 2.23. The van der Waals surface area contributed by atoms with Crippen LogP contribution in [0.2, 0.25) is 0 Å². The number of oxazole rings is 1. The molecule has 0 aromatic carbocycles. The molecule has 72 valence electrons. The number of morpholine rings is 1. The fraction of sp³-hybridized carbons (Fsp3) is 0.571. The first-order valence-corrected chi connectivity index (χ1v) is 4.08. The third-order valence-corrected chi connectivity index (χ3v) is 1.95. The van der Waals surface area contributed by atoms with E-state index in [1.165, 1.54) is 0 Å². The van der Waals surface area contributed by atoms with E-state index in [1.807, 2.05) is 4.90 Å². The number of nitrogen functional groups attached to an aromatic ring is 1. The van der Waals surface area contributed by atoms with Crippen LogP contribution in [-0.2, 0) is 4.74 Å². The highest BCUT2D eigenvalue weighted by Crippen LogP contribution is 2.19. The van der Waals surface area contributed by atoms with Crippen LogP contribution < -0.4 is 16.4 Å². The quantitative estimate of drug-likeness (QED) is 0.609. The maximum atomic E-state index is 10.8. The number of nitrogens with zero attached hydrogens (tertiary/aromatic N) is 1. The molecule has 1 aliphatic rings. The van der Waals surface area contributed by atoms with Crippen molar-refractivity contribution in [2.45, 2.75) is 0 Å². The summed E-state index contributed by atoms with van der Waals surface area (Å²) in [4.78, 5) is 15.1. The van der Waals surface area contributed by atoms with Gasteiger partial charge in [0.25, 0.3) is 0 Å². The Kier molecular flexibility index (Phi) is 1.97. The standard InChI is InChI=1S/C7H11N3O3/c8-5-6(13-7(11)9-5)10-1-3-12-4-2-10/h1-4,8H2,(H,9,11). The maximum Gasteiger partial charge on any atom is 0.419 e. The Hall–Kier alpha value is -1.43. The van der Waals surface area contributed by atoms with Crippen LogP contribution in [0, 0.1) is 0 Å². The average Bonchev–Trinajstić information content (AvgIpc) is 2.47. The summed E-state index contributed by atoms with van der Waals surface area (Å²) in [5, 5.41) is 0. The highest BCUT2D eigenvalue weighted by Gasteiger charge is 2.17. The van der Waals surface area contributed by atoms with E-state index < -0.39 is 5.76 Å². The van der Waals surface area contributed by atoms with Gasteiger partial charge in [0.05, 0.1) is 13.2 Å². The zero-order valence-corrected chi connectivity index (χ0v) is 7.08. The predicted octanol–water partition coefficient (Wildman–Crippen LogP) is -0.613. The molecule has 2 heterocycles. The Bertz CT molecular complexity index is 337. The van der Waals surface area contributed by atoms with Crippen LogP contribution in [-0.4, -0.2) is 31.3 Å². The van der Waals surface area contributed by atoms with E-state index in [2.05, 4.69) is 4.98 Å². The number of nitrogens with one attached hydrogen (secondary N) is 1. The van der Waals surface area contributed by atoms with Gasteiger partial charge in [-0.05, 0) is 0 Å². The summed E-state index contributed by atoms with van der Waals surface area (Å²) >= 11 is 0. The number of ether oxygens (including phenoxy) is 1. The number of rotatable bonds is 1. The molecule has 0 amide bonds. The molecular formula is C7H11N3O3. The van der Waals surface area contributed by atoms with Gasteiger partial charge in [0.1, 0.15) is 0 Å². The number of H-pyrrole nitrogens is 1. The van der Waals surface area contributed by atoms with Crippen LogP contribution in [0.1, 0.15) is 0 Å². The summed E-state index contributed by atoms with van der Waals surface area (Å²) < 4.78 is 10.0. The van der Waals surface area contributed by atoms with Gasteiger partial charge >= 0.3 is 5.76 Å². The van der Waals surface area contributed by atoms with E-state index in [0.29, 0.717) is 32.2 Å². The summed E-state index contributed by atoms with van der Waals surface area (Å²) in [5.74, 6) is 0.194. The summed E-state index contributed by atoms with van der Waals surface area (Å²) in [6, 6.07) is 0. The number of hydrogen-bond acceptors (Lipinski definition) is 5. The molecule has 0 aliphatic carbocycles. The zero-order chi connectivity index (χ0) is 9.26. The molecule has 1 aliphatic heterocycles. The third kappa shape index (κ3) is 1.52. The maximum absolute atomic E-state index is 10.8. The second-order valence-electron chi connectivity index (χ2n) is 2.83. The minimum Gasteiger partial charge on any atom is -0.389 e. The van der Waals surface area contributed by atoms with Gasteiger partial charge in [-0.2, -0.15) is 0 Å². The Morgan fingerprint density at radius 1 is 1.38 bits per heavy atom. The monoisotopic (exact) mass is 185 g/mol. The molecule has 0 saturated carbocycles. The molecule has 0 unspecified atom stereocenters. The topological polar surface area (TPSA) is 84.5 Å². The molecule has 0 bridgehead atoms. The number of hydrogen-bond donors (Lipinski definition) is 2. The Morgan fingerprint density at radius 2 is 2.08 bits per heavy atom. The molecule has 0 radical (unpaired) electrons. The first-order valence-electron chi connectivity index (χ1n) is 4.08. The lowest BCUT2D eigenvalue weighted by atomic mass is 10.4. The van der Waals surface area contributed by atoms with Crippen molar-refractivity contribution < 1.29 is 9.15 Å². The van der Waals surface area contributed by atoms with E-state index in [1.54, 1.807) is 0 Å². The predicted molar refractivity (Wildman–Crippen MR) is 46.8 cm³/mol. The van der Waals surface area contributed by atoms with Gasteiger partial charge < -0.3 is 19.8 Å². The van der Waals surface area contributed by atoms with Gasteiger partial charge in [-0.15, -0.1) is 0 Å². The van der Waals surface area contributed by atoms with E-state index in [9.17, 15) is 4.79 Å². The smallest absolute Gasteiger partial charge is 0.389 e. The lowest BCUT2D eigenvalue weighted by Gasteiger charge is -2.25. The average molecular weight is 185 g/mol. The second-order valence-corrected chi connectivity index (χ2v) is 2.83. The van der Waals surface area contributed by atoms with Crippen LogP contribution in [0.15, 0.2) is 9.21 Å². The molecule has 13 heavy (non-hydrogen) atoms. The molecule has 0 spiro atoms. The third-order valence-electron chi connectivity index (χ3n) is 1.95. The van der Waals surface area contributed by atoms with Crippen LogP contribution in [0.3, 0.4) is 0 Å². The first kappa shape index (κ1) is 8.18. The van der Waals surface area contributed by atoms with Crippen LogP contribution in [0.4, 0.5) is 11.7 Å².